The van der Waals surface area contributed by atoms with Gasteiger partial charge in [-0.05, 0) is 129 Å². The Hall–Kier alpha value is -1.90. The van der Waals surface area contributed by atoms with Gasteiger partial charge in [-0.3, -0.25) is 4.98 Å². The van der Waals surface area contributed by atoms with Crippen LogP contribution in [-0.4, -0.2) is 18.1 Å². The van der Waals surface area contributed by atoms with Crippen LogP contribution in [0, 0.1) is 41.4 Å². The van der Waals surface area contributed by atoms with E-state index in [4.69, 9.17) is 9.72 Å². The first-order chi connectivity index (χ1) is 16.6. The predicted octanol–water partition coefficient (Wildman–Crippen LogP) is 7.03. The van der Waals surface area contributed by atoms with Gasteiger partial charge in [-0.1, -0.05) is 18.2 Å². The number of carbonyl (C=O) groups is 1. The van der Waals surface area contributed by atoms with Gasteiger partial charge in [0.15, 0.2) is 0 Å². The van der Waals surface area contributed by atoms with Crippen LogP contribution in [0.2, 0.25) is 0 Å². The topological polar surface area (TPSA) is 39.2 Å². The predicted molar refractivity (Wildman–Crippen MR) is 133 cm³/mol. The summed E-state index contributed by atoms with van der Waals surface area (Å²) in [4.78, 5) is 18.6. The largest absolute Gasteiger partial charge is 0.465 e. The highest BCUT2D eigenvalue weighted by Gasteiger charge is 2.53. The number of ether oxygens (including phenoxy) is 1. The summed E-state index contributed by atoms with van der Waals surface area (Å²) in [5, 5.41) is 1.02. The van der Waals surface area contributed by atoms with Crippen molar-refractivity contribution in [2.45, 2.75) is 82.0 Å². The molecule has 8 aliphatic carbocycles. The first-order valence-electron chi connectivity index (χ1n) is 14.1. The van der Waals surface area contributed by atoms with Crippen LogP contribution in [-0.2, 0) is 10.2 Å². The molecule has 10 rings (SSSR count). The molecule has 178 valence electrons. The number of esters is 1. The van der Waals surface area contributed by atoms with Crippen molar-refractivity contribution in [2.75, 3.05) is 7.11 Å². The molecule has 1 aromatic carbocycles. The average Bonchev–Trinajstić information content (AvgIpc) is 2.81. The summed E-state index contributed by atoms with van der Waals surface area (Å²) in [6, 6.07) is 8.83. The third kappa shape index (κ3) is 2.82. The lowest BCUT2D eigenvalue weighted by Crippen LogP contribution is -2.48. The zero-order valence-corrected chi connectivity index (χ0v) is 20.5. The van der Waals surface area contributed by atoms with E-state index in [1.54, 1.807) is 0 Å². The Kier molecular flexibility index (Phi) is 4.23. The molecule has 0 N–H and O–H groups in total. The first-order valence-corrected chi connectivity index (χ1v) is 14.1. The third-order valence-electron chi connectivity index (χ3n) is 11.4. The summed E-state index contributed by atoms with van der Waals surface area (Å²) in [5.74, 6) is 6.45. The molecule has 8 aliphatic rings. The summed E-state index contributed by atoms with van der Waals surface area (Å²) < 4.78 is 5.33. The second-order valence-corrected chi connectivity index (χ2v) is 13.4. The van der Waals surface area contributed by atoms with E-state index in [1.807, 2.05) is 0 Å². The van der Waals surface area contributed by atoms with Gasteiger partial charge in [-0.15, -0.1) is 0 Å². The Morgan fingerprint density at radius 3 is 2.03 bits per heavy atom. The van der Waals surface area contributed by atoms with Gasteiger partial charge in [0, 0.05) is 17.0 Å². The van der Waals surface area contributed by atoms with Crippen LogP contribution in [0.1, 0.15) is 98.2 Å². The fourth-order valence-corrected chi connectivity index (χ4v) is 11.0. The summed E-state index contributed by atoms with van der Waals surface area (Å²) in [7, 11) is 1.53. The molecule has 8 saturated carbocycles. The molecule has 8 bridgehead atoms. The quantitative estimate of drug-likeness (QED) is 0.466. The van der Waals surface area contributed by atoms with Gasteiger partial charge in [0.1, 0.15) is 0 Å². The fraction of sp³-hybridized carbons (Fsp3) is 0.677. The Labute approximate surface area is 203 Å². The SMILES string of the molecule is COC(=O)c1cc(C2C3CC4CC(C3)CC2C4)nc2c(C34CC5CC(CC(C5)C3)C4)cccc12. The summed E-state index contributed by atoms with van der Waals surface area (Å²) >= 11 is 0. The van der Waals surface area contributed by atoms with Crippen LogP contribution < -0.4 is 0 Å². The van der Waals surface area contributed by atoms with Gasteiger partial charge in [0.05, 0.1) is 18.2 Å². The molecule has 2 aromatic rings. The van der Waals surface area contributed by atoms with Crippen molar-refractivity contribution in [3.63, 3.8) is 0 Å². The van der Waals surface area contributed by atoms with E-state index >= 15 is 0 Å². The molecule has 0 amide bonds. The molecular formula is C31H37NO2. The highest BCUT2D eigenvalue weighted by atomic mass is 16.5. The van der Waals surface area contributed by atoms with Crippen molar-refractivity contribution in [2.24, 2.45) is 41.4 Å². The van der Waals surface area contributed by atoms with Gasteiger partial charge >= 0.3 is 5.97 Å². The molecule has 1 aromatic heterocycles. The van der Waals surface area contributed by atoms with Gasteiger partial charge in [0.25, 0.3) is 0 Å². The Bertz CT molecular complexity index is 1120. The smallest absolute Gasteiger partial charge is 0.338 e. The second-order valence-electron chi connectivity index (χ2n) is 13.4. The van der Waals surface area contributed by atoms with E-state index in [-0.39, 0.29) is 11.4 Å². The van der Waals surface area contributed by atoms with E-state index < -0.39 is 0 Å². The maximum absolute atomic E-state index is 13.1. The van der Waals surface area contributed by atoms with Crippen molar-refractivity contribution in [3.05, 3.63) is 41.1 Å². The van der Waals surface area contributed by atoms with Crippen LogP contribution in [0.4, 0.5) is 0 Å². The van der Waals surface area contributed by atoms with E-state index in [2.05, 4.69) is 24.3 Å². The zero-order valence-electron chi connectivity index (χ0n) is 20.5. The highest BCUT2D eigenvalue weighted by molar-refractivity contribution is 6.04. The number of rotatable bonds is 3. The minimum absolute atomic E-state index is 0.194. The number of aromatic nitrogens is 1. The molecule has 0 spiro atoms. The first kappa shape index (κ1) is 20.3. The highest BCUT2D eigenvalue weighted by Crippen LogP contribution is 2.62. The number of fused-ring (bicyclic) bond motifs is 1. The average molecular weight is 456 g/mol. The zero-order chi connectivity index (χ0) is 22.6. The third-order valence-corrected chi connectivity index (χ3v) is 11.4. The molecule has 0 unspecified atom stereocenters. The van der Waals surface area contributed by atoms with Crippen LogP contribution in [0.25, 0.3) is 10.9 Å². The molecule has 0 atom stereocenters. The molecule has 0 aliphatic heterocycles. The minimum Gasteiger partial charge on any atom is -0.465 e. The van der Waals surface area contributed by atoms with Gasteiger partial charge in [0.2, 0.25) is 0 Å². The summed E-state index contributed by atoms with van der Waals surface area (Å²) in [6.07, 6.45) is 15.3. The lowest BCUT2D eigenvalue weighted by molar-refractivity contribution is -0.00518. The van der Waals surface area contributed by atoms with Gasteiger partial charge in [-0.2, -0.15) is 0 Å². The number of hydrogen-bond acceptors (Lipinski definition) is 3. The number of benzene rings is 1. The standard InChI is InChI=1S/C31H37NO2/c1-34-30(33)25-13-27(28-22-9-17-5-18(11-22)12-23(28)10-17)32-29-24(25)3-2-4-26(29)31-14-19-6-20(15-31)8-21(7-19)16-31/h2-4,13,17-23,28H,5-12,14-16H2,1H3. The Balaban J connectivity index is 1.31. The summed E-state index contributed by atoms with van der Waals surface area (Å²) in [6.45, 7) is 0. The van der Waals surface area contributed by atoms with E-state index in [0.717, 1.165) is 57.9 Å². The number of para-hydroxylation sites is 1. The summed E-state index contributed by atoms with van der Waals surface area (Å²) in [5.41, 5.74) is 4.83. The molecular weight excluding hydrogens is 418 g/mol. The number of hydrogen-bond donors (Lipinski definition) is 0. The monoisotopic (exact) mass is 455 g/mol. The molecule has 34 heavy (non-hydrogen) atoms. The van der Waals surface area contributed by atoms with Crippen LogP contribution in [0.15, 0.2) is 24.3 Å². The van der Waals surface area contributed by atoms with Crippen molar-refractivity contribution in [1.82, 2.24) is 4.98 Å². The second kappa shape index (κ2) is 7.08. The van der Waals surface area contributed by atoms with Gasteiger partial charge in [-0.25, -0.2) is 4.79 Å². The van der Waals surface area contributed by atoms with Crippen molar-refractivity contribution in [3.8, 4) is 0 Å². The molecule has 3 heteroatoms. The van der Waals surface area contributed by atoms with Crippen molar-refractivity contribution in [1.29, 1.82) is 0 Å². The van der Waals surface area contributed by atoms with Crippen LogP contribution in [0.3, 0.4) is 0 Å². The van der Waals surface area contributed by atoms with E-state index in [0.29, 0.717) is 5.92 Å². The molecule has 0 radical (unpaired) electrons. The molecule has 8 fully saturated rings. The number of carbonyl (C=O) groups excluding carboxylic acids is 1. The minimum atomic E-state index is -0.194. The van der Waals surface area contributed by atoms with Crippen LogP contribution >= 0.6 is 0 Å². The fourth-order valence-electron chi connectivity index (χ4n) is 11.0. The maximum atomic E-state index is 13.1. The molecule has 0 saturated heterocycles. The van der Waals surface area contributed by atoms with E-state index in [9.17, 15) is 4.79 Å². The van der Waals surface area contributed by atoms with E-state index in [1.165, 1.54) is 89.0 Å². The van der Waals surface area contributed by atoms with Gasteiger partial charge < -0.3 is 4.74 Å². The number of pyridine rings is 1. The maximum Gasteiger partial charge on any atom is 0.338 e. The number of nitrogens with zero attached hydrogens (tertiary/aromatic N) is 1. The van der Waals surface area contributed by atoms with Crippen LogP contribution in [0.5, 0.6) is 0 Å². The molecule has 3 nitrogen and oxygen atoms in total. The Morgan fingerprint density at radius 1 is 0.853 bits per heavy atom. The normalized spacial score (nSPS) is 43.6. The van der Waals surface area contributed by atoms with Crippen molar-refractivity contribution >= 4 is 16.9 Å². The lowest BCUT2D eigenvalue weighted by Gasteiger charge is -2.57. The molecule has 1 heterocycles. The van der Waals surface area contributed by atoms with Crippen molar-refractivity contribution < 1.29 is 9.53 Å². The Morgan fingerprint density at radius 2 is 1.44 bits per heavy atom. The lowest BCUT2D eigenvalue weighted by atomic mass is 9.48. The number of methoxy groups -OCH3 is 1.